The highest BCUT2D eigenvalue weighted by Gasteiger charge is 2.22. The van der Waals surface area contributed by atoms with Gasteiger partial charge in [0.05, 0.1) is 10.2 Å². The second-order valence-electron chi connectivity index (χ2n) is 4.47. The van der Waals surface area contributed by atoms with Crippen LogP contribution in [-0.4, -0.2) is 34.8 Å². The molecule has 0 aliphatic carbocycles. The van der Waals surface area contributed by atoms with Crippen LogP contribution in [0.4, 0.5) is 5.82 Å². The minimum atomic E-state index is 0.273. The van der Waals surface area contributed by atoms with E-state index < -0.39 is 0 Å². The van der Waals surface area contributed by atoms with Crippen molar-refractivity contribution >= 4 is 27.4 Å². The molecule has 5 heteroatoms. The molecule has 1 unspecified atom stereocenters. The van der Waals surface area contributed by atoms with E-state index in [1.54, 1.807) is 17.7 Å². The van der Waals surface area contributed by atoms with Crippen LogP contribution < -0.4 is 4.90 Å². The monoisotopic (exact) mass is 249 g/mol. The molecule has 1 atom stereocenters. The van der Waals surface area contributed by atoms with E-state index in [0.29, 0.717) is 5.92 Å². The molecule has 1 fully saturated rings. The third kappa shape index (κ3) is 2.00. The normalized spacial score (nSPS) is 21.0. The van der Waals surface area contributed by atoms with E-state index >= 15 is 0 Å². The second kappa shape index (κ2) is 4.58. The van der Waals surface area contributed by atoms with Crippen molar-refractivity contribution in [3.05, 3.63) is 17.8 Å². The molecule has 4 nitrogen and oxygen atoms in total. The molecule has 0 saturated carbocycles. The smallest absolute Gasteiger partial charge is 0.150 e. The number of fused-ring (bicyclic) bond motifs is 1. The molecule has 3 heterocycles. The maximum Gasteiger partial charge on any atom is 0.150 e. The third-order valence-electron chi connectivity index (χ3n) is 3.30. The summed E-state index contributed by atoms with van der Waals surface area (Å²) in [6.45, 7) is 2.20. The average molecular weight is 249 g/mol. The Morgan fingerprint density at radius 3 is 3.29 bits per heavy atom. The summed E-state index contributed by atoms with van der Waals surface area (Å²) in [5.41, 5.74) is 1.02. The molecule has 90 valence electrons. The number of nitrogens with zero attached hydrogens (tertiary/aromatic N) is 3. The van der Waals surface area contributed by atoms with Gasteiger partial charge < -0.3 is 10.0 Å². The van der Waals surface area contributed by atoms with Gasteiger partial charge in [0, 0.05) is 19.7 Å². The van der Waals surface area contributed by atoms with E-state index in [1.165, 1.54) is 0 Å². The summed E-state index contributed by atoms with van der Waals surface area (Å²) in [5, 5.41) is 11.3. The van der Waals surface area contributed by atoms with Crippen molar-refractivity contribution in [3.8, 4) is 0 Å². The first-order chi connectivity index (χ1) is 8.38. The van der Waals surface area contributed by atoms with Crippen LogP contribution in [0, 0.1) is 5.92 Å². The summed E-state index contributed by atoms with van der Waals surface area (Å²) in [4.78, 5) is 11.0. The molecule has 2 aromatic heterocycles. The van der Waals surface area contributed by atoms with Crippen LogP contribution in [0.3, 0.4) is 0 Å². The molecule has 0 bridgehead atoms. The molecule has 3 rings (SSSR count). The number of anilines is 1. The molecule has 1 aliphatic rings. The van der Waals surface area contributed by atoms with Crippen LogP contribution in [0.25, 0.3) is 10.2 Å². The van der Waals surface area contributed by atoms with Crippen molar-refractivity contribution in [3.63, 3.8) is 0 Å². The van der Waals surface area contributed by atoms with E-state index in [9.17, 15) is 5.11 Å². The maximum absolute atomic E-state index is 9.27. The first-order valence-electron chi connectivity index (χ1n) is 5.92. The zero-order valence-corrected chi connectivity index (χ0v) is 10.4. The van der Waals surface area contributed by atoms with Crippen molar-refractivity contribution < 1.29 is 5.11 Å². The third-order valence-corrected chi connectivity index (χ3v) is 4.20. The van der Waals surface area contributed by atoms with Gasteiger partial charge in [0.15, 0.2) is 0 Å². The molecule has 1 aliphatic heterocycles. The van der Waals surface area contributed by atoms with Gasteiger partial charge in [-0.15, -0.1) is 11.3 Å². The van der Waals surface area contributed by atoms with E-state index in [4.69, 9.17) is 0 Å². The fourth-order valence-electron chi connectivity index (χ4n) is 2.41. The van der Waals surface area contributed by atoms with Gasteiger partial charge in [0.2, 0.25) is 0 Å². The summed E-state index contributed by atoms with van der Waals surface area (Å²) in [6, 6.07) is 2.03. The maximum atomic E-state index is 9.27. The Morgan fingerprint density at radius 1 is 1.47 bits per heavy atom. The van der Waals surface area contributed by atoms with Crippen molar-refractivity contribution in [2.75, 3.05) is 24.6 Å². The number of aliphatic hydroxyl groups is 1. The quantitative estimate of drug-likeness (QED) is 0.883. The van der Waals surface area contributed by atoms with Crippen LogP contribution >= 0.6 is 11.3 Å². The van der Waals surface area contributed by atoms with Gasteiger partial charge in [-0.05, 0) is 30.2 Å². The summed E-state index contributed by atoms with van der Waals surface area (Å²) >= 11 is 1.69. The summed E-state index contributed by atoms with van der Waals surface area (Å²) in [6.07, 6.45) is 3.88. The number of thiophene rings is 1. The number of hydrogen-bond donors (Lipinski definition) is 1. The largest absolute Gasteiger partial charge is 0.396 e. The molecule has 1 saturated heterocycles. The minimum absolute atomic E-state index is 0.273. The van der Waals surface area contributed by atoms with Crippen LogP contribution in [0.5, 0.6) is 0 Å². The second-order valence-corrected chi connectivity index (χ2v) is 5.39. The molecule has 0 radical (unpaired) electrons. The van der Waals surface area contributed by atoms with E-state index in [-0.39, 0.29) is 6.61 Å². The molecular formula is C12H15N3OS. The molecule has 2 aromatic rings. The Labute approximate surface area is 104 Å². The van der Waals surface area contributed by atoms with Crippen LogP contribution in [0.2, 0.25) is 0 Å². The molecule has 0 aromatic carbocycles. The van der Waals surface area contributed by atoms with Gasteiger partial charge in [-0.2, -0.15) is 0 Å². The first-order valence-corrected chi connectivity index (χ1v) is 6.80. The predicted octanol–water partition coefficient (Wildman–Crippen LogP) is 1.90. The lowest BCUT2D eigenvalue weighted by Gasteiger charge is -2.32. The van der Waals surface area contributed by atoms with E-state index in [2.05, 4.69) is 20.2 Å². The highest BCUT2D eigenvalue weighted by Crippen LogP contribution is 2.30. The Balaban J connectivity index is 1.94. The molecular weight excluding hydrogens is 234 g/mol. The highest BCUT2D eigenvalue weighted by molar-refractivity contribution is 7.17. The SMILES string of the molecule is OCC1CCCN(c2ncnc3ccsc23)C1. The fourth-order valence-corrected chi connectivity index (χ4v) is 3.27. The minimum Gasteiger partial charge on any atom is -0.396 e. The zero-order valence-electron chi connectivity index (χ0n) is 9.54. The summed E-state index contributed by atoms with van der Waals surface area (Å²) in [7, 11) is 0. The first kappa shape index (κ1) is 10.9. The number of hydrogen-bond acceptors (Lipinski definition) is 5. The van der Waals surface area contributed by atoms with E-state index in [1.807, 2.05) is 6.07 Å². The van der Waals surface area contributed by atoms with Crippen LogP contribution in [0.1, 0.15) is 12.8 Å². The van der Waals surface area contributed by atoms with Gasteiger partial charge in [-0.1, -0.05) is 0 Å². The number of aromatic nitrogens is 2. The lowest BCUT2D eigenvalue weighted by Crippen LogP contribution is -2.37. The number of piperidine rings is 1. The van der Waals surface area contributed by atoms with E-state index in [0.717, 1.165) is 42.0 Å². The standard InChI is InChI=1S/C12H15N3OS/c16-7-9-2-1-4-15(6-9)12-11-10(3-5-17-11)13-8-14-12/h3,5,8-9,16H,1-2,4,6-7H2. The van der Waals surface area contributed by atoms with Crippen LogP contribution in [0.15, 0.2) is 17.8 Å². The summed E-state index contributed by atoms with van der Waals surface area (Å²) < 4.78 is 1.16. The highest BCUT2D eigenvalue weighted by atomic mass is 32.1. The molecule has 0 spiro atoms. The fraction of sp³-hybridized carbons (Fsp3) is 0.500. The Kier molecular flexibility index (Phi) is 2.94. The van der Waals surface area contributed by atoms with Crippen molar-refractivity contribution in [2.24, 2.45) is 5.92 Å². The summed E-state index contributed by atoms with van der Waals surface area (Å²) in [5.74, 6) is 1.41. The molecule has 1 N–H and O–H groups in total. The van der Waals surface area contributed by atoms with Gasteiger partial charge >= 0.3 is 0 Å². The average Bonchev–Trinajstić information content (AvgIpc) is 2.87. The lowest BCUT2D eigenvalue weighted by atomic mass is 9.99. The molecule has 0 amide bonds. The van der Waals surface area contributed by atoms with Crippen LogP contribution in [-0.2, 0) is 0 Å². The van der Waals surface area contributed by atoms with Gasteiger partial charge in [0.25, 0.3) is 0 Å². The van der Waals surface area contributed by atoms with Gasteiger partial charge in [-0.25, -0.2) is 9.97 Å². The van der Waals surface area contributed by atoms with Crippen molar-refractivity contribution in [2.45, 2.75) is 12.8 Å². The van der Waals surface area contributed by atoms with Crippen molar-refractivity contribution in [1.82, 2.24) is 9.97 Å². The topological polar surface area (TPSA) is 49.2 Å². The zero-order chi connectivity index (χ0) is 11.7. The van der Waals surface area contributed by atoms with Gasteiger partial charge in [-0.3, -0.25) is 0 Å². The number of aliphatic hydroxyl groups excluding tert-OH is 1. The lowest BCUT2D eigenvalue weighted by molar-refractivity contribution is 0.208. The van der Waals surface area contributed by atoms with Gasteiger partial charge in [0.1, 0.15) is 12.1 Å². The predicted molar refractivity (Wildman–Crippen MR) is 69.4 cm³/mol. The number of rotatable bonds is 2. The van der Waals surface area contributed by atoms with Crippen molar-refractivity contribution in [1.29, 1.82) is 0 Å². The Morgan fingerprint density at radius 2 is 2.41 bits per heavy atom. The molecule has 17 heavy (non-hydrogen) atoms. The Bertz CT molecular complexity index is 513. The Hall–Kier alpha value is -1.20.